The minimum atomic E-state index is -0.766. The van der Waals surface area contributed by atoms with E-state index in [2.05, 4.69) is 5.32 Å². The smallest absolute Gasteiger partial charge is 0.239 e. The summed E-state index contributed by atoms with van der Waals surface area (Å²) in [5.41, 5.74) is 5.61. The van der Waals surface area contributed by atoms with Gasteiger partial charge in [0.15, 0.2) is 0 Å². The lowest BCUT2D eigenvalue weighted by atomic mass is 10.0. The Bertz CT molecular complexity index is 422. The van der Waals surface area contributed by atoms with E-state index in [9.17, 15) is 4.79 Å². The van der Waals surface area contributed by atoms with E-state index >= 15 is 0 Å². The number of anilines is 1. The number of hydrogen-bond acceptors (Lipinski definition) is 4. The van der Waals surface area contributed by atoms with Crippen molar-refractivity contribution in [1.29, 1.82) is 0 Å². The third-order valence-corrected chi connectivity index (χ3v) is 3.14. The van der Waals surface area contributed by atoms with Gasteiger partial charge in [0.2, 0.25) is 5.91 Å². The molecule has 0 aliphatic rings. The molecule has 0 aromatic heterocycles. The third-order valence-electron chi connectivity index (χ3n) is 3.14. The molecule has 5 nitrogen and oxygen atoms in total. The van der Waals surface area contributed by atoms with Gasteiger partial charge in [0.25, 0.3) is 0 Å². The lowest BCUT2D eigenvalue weighted by Crippen LogP contribution is -2.58. The van der Waals surface area contributed by atoms with Gasteiger partial charge in [-0.2, -0.15) is 0 Å². The molecule has 0 heterocycles. The van der Waals surface area contributed by atoms with E-state index in [1.54, 1.807) is 21.1 Å². The largest absolute Gasteiger partial charge is 0.497 e. The van der Waals surface area contributed by atoms with E-state index in [0.29, 0.717) is 6.54 Å². The standard InChI is InChI=1S/C13H21N3O2/c1-13(15-2,12(14)17)9-16(3)10-6-5-7-11(8-10)18-4/h5-8,15H,9H2,1-4H3,(H2,14,17). The molecule has 1 unspecified atom stereocenters. The van der Waals surface area contributed by atoms with Crippen molar-refractivity contribution in [3.8, 4) is 5.75 Å². The number of likely N-dealkylation sites (N-methyl/N-ethyl adjacent to an activating group) is 2. The Morgan fingerprint density at radius 3 is 2.72 bits per heavy atom. The number of nitrogens with two attached hydrogens (primary N) is 1. The third kappa shape index (κ3) is 3.13. The van der Waals surface area contributed by atoms with Crippen LogP contribution in [0.4, 0.5) is 5.69 Å². The molecular weight excluding hydrogens is 230 g/mol. The van der Waals surface area contributed by atoms with Crippen molar-refractivity contribution >= 4 is 11.6 Å². The number of primary amides is 1. The predicted octanol–water partition coefficient (Wildman–Crippen LogP) is 0.595. The summed E-state index contributed by atoms with van der Waals surface area (Å²) in [6.45, 7) is 2.26. The summed E-state index contributed by atoms with van der Waals surface area (Å²) in [6, 6.07) is 7.66. The van der Waals surface area contributed by atoms with Crippen molar-refractivity contribution in [3.05, 3.63) is 24.3 Å². The summed E-state index contributed by atoms with van der Waals surface area (Å²) in [4.78, 5) is 13.4. The van der Waals surface area contributed by atoms with Gasteiger partial charge >= 0.3 is 0 Å². The van der Waals surface area contributed by atoms with E-state index < -0.39 is 5.54 Å². The number of amides is 1. The zero-order valence-corrected chi connectivity index (χ0v) is 11.4. The molecule has 0 saturated carbocycles. The Morgan fingerprint density at radius 2 is 2.22 bits per heavy atom. The first-order valence-electron chi connectivity index (χ1n) is 5.77. The van der Waals surface area contributed by atoms with Crippen LogP contribution in [0.15, 0.2) is 24.3 Å². The summed E-state index contributed by atoms with van der Waals surface area (Å²) in [6.07, 6.45) is 0. The van der Waals surface area contributed by atoms with Gasteiger partial charge in [0, 0.05) is 25.3 Å². The number of ether oxygens (including phenoxy) is 1. The van der Waals surface area contributed by atoms with Crippen LogP contribution in [-0.4, -0.2) is 39.2 Å². The van der Waals surface area contributed by atoms with Crippen LogP contribution in [0.5, 0.6) is 5.75 Å². The predicted molar refractivity (Wildman–Crippen MR) is 72.9 cm³/mol. The highest BCUT2D eigenvalue weighted by atomic mass is 16.5. The number of nitrogens with one attached hydrogen (secondary N) is 1. The number of methoxy groups -OCH3 is 1. The fourth-order valence-electron chi connectivity index (χ4n) is 1.69. The molecule has 0 spiro atoms. The quantitative estimate of drug-likeness (QED) is 0.776. The molecule has 3 N–H and O–H groups in total. The zero-order chi connectivity index (χ0) is 13.8. The number of benzene rings is 1. The molecule has 0 bridgehead atoms. The summed E-state index contributed by atoms with van der Waals surface area (Å²) in [5.74, 6) is 0.407. The average Bonchev–Trinajstić information content (AvgIpc) is 2.38. The fraction of sp³-hybridized carbons (Fsp3) is 0.462. The molecule has 0 saturated heterocycles. The maximum absolute atomic E-state index is 11.5. The van der Waals surface area contributed by atoms with Gasteiger partial charge in [-0.3, -0.25) is 4.79 Å². The molecule has 1 amide bonds. The maximum Gasteiger partial charge on any atom is 0.239 e. The second kappa shape index (κ2) is 5.73. The van der Waals surface area contributed by atoms with Gasteiger partial charge in [-0.25, -0.2) is 0 Å². The molecule has 0 radical (unpaired) electrons. The van der Waals surface area contributed by atoms with E-state index in [1.807, 2.05) is 36.2 Å². The number of rotatable bonds is 6. The SMILES string of the molecule is CNC(C)(CN(C)c1cccc(OC)c1)C(N)=O. The minimum absolute atomic E-state index is 0.375. The van der Waals surface area contributed by atoms with Gasteiger partial charge in [-0.15, -0.1) is 0 Å². The van der Waals surface area contributed by atoms with Gasteiger partial charge in [-0.1, -0.05) is 6.07 Å². The molecular formula is C13H21N3O2. The van der Waals surface area contributed by atoms with Gasteiger partial charge in [0.1, 0.15) is 11.3 Å². The molecule has 0 aliphatic carbocycles. The van der Waals surface area contributed by atoms with Crippen LogP contribution in [0, 0.1) is 0 Å². The lowest BCUT2D eigenvalue weighted by molar-refractivity contribution is -0.123. The highest BCUT2D eigenvalue weighted by Gasteiger charge is 2.30. The topological polar surface area (TPSA) is 67.6 Å². The number of hydrogen-bond donors (Lipinski definition) is 2. The van der Waals surface area contributed by atoms with Gasteiger partial charge < -0.3 is 20.7 Å². The average molecular weight is 251 g/mol. The molecule has 0 fully saturated rings. The second-order valence-electron chi connectivity index (χ2n) is 4.50. The van der Waals surface area contributed by atoms with Crippen molar-refractivity contribution in [2.24, 2.45) is 5.73 Å². The first-order valence-corrected chi connectivity index (χ1v) is 5.77. The molecule has 18 heavy (non-hydrogen) atoms. The first kappa shape index (κ1) is 14.3. The summed E-state index contributed by atoms with van der Waals surface area (Å²) < 4.78 is 5.17. The molecule has 1 atom stereocenters. The van der Waals surface area contributed by atoms with Gasteiger partial charge in [0.05, 0.1) is 7.11 Å². The maximum atomic E-state index is 11.5. The van der Waals surface area contributed by atoms with Crippen molar-refractivity contribution in [1.82, 2.24) is 5.32 Å². The van der Waals surface area contributed by atoms with Crippen molar-refractivity contribution in [2.75, 3.05) is 32.6 Å². The number of carbonyl (C=O) groups is 1. The van der Waals surface area contributed by atoms with Crippen molar-refractivity contribution in [2.45, 2.75) is 12.5 Å². The van der Waals surface area contributed by atoms with Crippen LogP contribution in [0.3, 0.4) is 0 Å². The molecule has 5 heteroatoms. The molecule has 100 valence electrons. The van der Waals surface area contributed by atoms with Crippen LogP contribution >= 0.6 is 0 Å². The zero-order valence-electron chi connectivity index (χ0n) is 11.4. The van der Waals surface area contributed by atoms with E-state index in [-0.39, 0.29) is 5.91 Å². The fourth-order valence-corrected chi connectivity index (χ4v) is 1.69. The lowest BCUT2D eigenvalue weighted by Gasteiger charge is -2.32. The highest BCUT2D eigenvalue weighted by Crippen LogP contribution is 2.21. The van der Waals surface area contributed by atoms with E-state index in [1.165, 1.54) is 0 Å². The minimum Gasteiger partial charge on any atom is -0.497 e. The van der Waals surface area contributed by atoms with Crippen LogP contribution in [0.1, 0.15) is 6.92 Å². The Labute approximate surface area is 108 Å². The second-order valence-corrected chi connectivity index (χ2v) is 4.50. The van der Waals surface area contributed by atoms with Crippen LogP contribution in [-0.2, 0) is 4.79 Å². The Morgan fingerprint density at radius 1 is 1.56 bits per heavy atom. The molecule has 1 aromatic rings. The number of carbonyl (C=O) groups excluding carboxylic acids is 1. The van der Waals surface area contributed by atoms with E-state index in [0.717, 1.165) is 11.4 Å². The summed E-state index contributed by atoms with van der Waals surface area (Å²) in [5, 5.41) is 2.96. The van der Waals surface area contributed by atoms with Crippen LogP contribution in [0.25, 0.3) is 0 Å². The number of nitrogens with zero attached hydrogens (tertiary/aromatic N) is 1. The van der Waals surface area contributed by atoms with Gasteiger partial charge in [-0.05, 0) is 26.1 Å². The monoisotopic (exact) mass is 251 g/mol. The summed E-state index contributed by atoms with van der Waals surface area (Å²) in [7, 11) is 5.26. The van der Waals surface area contributed by atoms with Crippen LogP contribution < -0.4 is 20.7 Å². The van der Waals surface area contributed by atoms with Crippen molar-refractivity contribution in [3.63, 3.8) is 0 Å². The molecule has 1 aromatic carbocycles. The Balaban J connectivity index is 2.87. The Kier molecular flexibility index (Phi) is 4.55. The first-order chi connectivity index (χ1) is 8.42. The van der Waals surface area contributed by atoms with E-state index in [4.69, 9.17) is 10.5 Å². The van der Waals surface area contributed by atoms with Crippen molar-refractivity contribution < 1.29 is 9.53 Å². The Hall–Kier alpha value is -1.75. The van der Waals surface area contributed by atoms with Crippen LogP contribution in [0.2, 0.25) is 0 Å². The summed E-state index contributed by atoms with van der Waals surface area (Å²) >= 11 is 0. The normalized spacial score (nSPS) is 13.8. The molecule has 1 rings (SSSR count). The highest BCUT2D eigenvalue weighted by molar-refractivity contribution is 5.85. The molecule has 0 aliphatic heterocycles.